The SMILES string of the molecule is COC(=O)N[C@H](C(=O)N1CCCC1c1nc2ccc(-c3csc4c(-c5cnc(C6CCCN6C(=O)[C@@H](NC(=O)O)C(C)C)[nH]5)csc34)cc2[nH]1)C(C)C. The maximum absolute atomic E-state index is 13.6. The number of fused-ring (bicyclic) bond motifs is 2. The van der Waals surface area contributed by atoms with Crippen LogP contribution in [0.5, 0.6) is 0 Å². The summed E-state index contributed by atoms with van der Waals surface area (Å²) in [5, 5.41) is 18.7. The number of H-pyrrole nitrogens is 2. The maximum Gasteiger partial charge on any atom is 0.407 e. The number of alkyl carbamates (subject to hydrolysis) is 1. The van der Waals surface area contributed by atoms with Crippen molar-refractivity contribution in [1.29, 1.82) is 0 Å². The predicted molar refractivity (Wildman–Crippen MR) is 204 cm³/mol. The highest BCUT2D eigenvalue weighted by molar-refractivity contribution is 7.27. The van der Waals surface area contributed by atoms with Crippen LogP contribution in [-0.2, 0) is 14.3 Å². The Morgan fingerprint density at radius 1 is 0.868 bits per heavy atom. The summed E-state index contributed by atoms with van der Waals surface area (Å²) < 4.78 is 7.06. The highest BCUT2D eigenvalue weighted by Crippen LogP contribution is 2.45. The third-order valence-electron chi connectivity index (χ3n) is 10.3. The molecular formula is C37H44N8O6S2. The molecule has 5 N–H and O–H groups in total. The van der Waals surface area contributed by atoms with Gasteiger partial charge in [0.05, 0.1) is 51.5 Å². The number of carbonyl (C=O) groups excluding carboxylic acids is 3. The van der Waals surface area contributed by atoms with Crippen molar-refractivity contribution in [2.24, 2.45) is 11.8 Å². The molecule has 2 saturated heterocycles. The van der Waals surface area contributed by atoms with E-state index in [-0.39, 0.29) is 35.7 Å². The van der Waals surface area contributed by atoms with Crippen LogP contribution in [0.1, 0.15) is 77.1 Å². The minimum Gasteiger partial charge on any atom is -0.465 e. The minimum absolute atomic E-state index is 0.114. The number of rotatable bonds is 10. The van der Waals surface area contributed by atoms with Crippen molar-refractivity contribution < 1.29 is 29.0 Å². The molecule has 2 aliphatic heterocycles. The quantitative estimate of drug-likeness (QED) is 0.102. The van der Waals surface area contributed by atoms with E-state index in [2.05, 4.69) is 43.5 Å². The number of imidazole rings is 2. The summed E-state index contributed by atoms with van der Waals surface area (Å²) in [5.41, 5.74) is 5.78. The molecule has 0 saturated carbocycles. The second-order valence-corrected chi connectivity index (χ2v) is 16.2. The molecule has 7 rings (SSSR count). The first-order chi connectivity index (χ1) is 25.4. The third-order valence-corrected chi connectivity index (χ3v) is 12.4. The lowest BCUT2D eigenvalue weighted by Crippen LogP contribution is -2.51. The van der Waals surface area contributed by atoms with Gasteiger partial charge in [-0.1, -0.05) is 33.8 Å². The number of ether oxygens (including phenoxy) is 1. The largest absolute Gasteiger partial charge is 0.465 e. The van der Waals surface area contributed by atoms with Gasteiger partial charge in [-0.3, -0.25) is 9.59 Å². The van der Waals surface area contributed by atoms with Gasteiger partial charge >= 0.3 is 12.2 Å². The van der Waals surface area contributed by atoms with Crippen molar-refractivity contribution in [2.75, 3.05) is 20.2 Å². The Morgan fingerprint density at radius 3 is 2.09 bits per heavy atom. The van der Waals surface area contributed by atoms with Crippen molar-refractivity contribution in [2.45, 2.75) is 77.5 Å². The van der Waals surface area contributed by atoms with Gasteiger partial charge in [-0.2, -0.15) is 0 Å². The van der Waals surface area contributed by atoms with Crippen molar-refractivity contribution in [3.8, 4) is 22.4 Å². The molecule has 2 fully saturated rings. The van der Waals surface area contributed by atoms with Gasteiger partial charge in [0.15, 0.2) is 0 Å². The molecule has 53 heavy (non-hydrogen) atoms. The number of aromatic nitrogens is 4. The molecule has 16 heteroatoms. The summed E-state index contributed by atoms with van der Waals surface area (Å²) >= 11 is 3.33. The van der Waals surface area contributed by atoms with Crippen LogP contribution in [0.3, 0.4) is 0 Å². The van der Waals surface area contributed by atoms with Crippen LogP contribution in [0.2, 0.25) is 0 Å². The zero-order valence-electron chi connectivity index (χ0n) is 30.3. The molecule has 4 aromatic heterocycles. The van der Waals surface area contributed by atoms with Crippen LogP contribution in [-0.4, -0.2) is 91.1 Å². The van der Waals surface area contributed by atoms with Crippen molar-refractivity contribution >= 4 is 67.1 Å². The Hall–Kier alpha value is -4.96. The molecule has 0 radical (unpaired) electrons. The van der Waals surface area contributed by atoms with E-state index in [1.165, 1.54) is 7.11 Å². The number of nitrogens with zero attached hydrogens (tertiary/aromatic N) is 4. The Balaban J connectivity index is 1.11. The molecule has 1 aromatic carbocycles. The first-order valence-corrected chi connectivity index (χ1v) is 19.7. The number of hydrogen-bond donors (Lipinski definition) is 5. The summed E-state index contributed by atoms with van der Waals surface area (Å²) in [7, 11) is 1.29. The van der Waals surface area contributed by atoms with Gasteiger partial charge < -0.3 is 40.2 Å². The second kappa shape index (κ2) is 14.8. The molecule has 0 spiro atoms. The van der Waals surface area contributed by atoms with Gasteiger partial charge in [0.25, 0.3) is 0 Å². The van der Waals surface area contributed by atoms with Crippen molar-refractivity contribution in [3.05, 3.63) is 46.8 Å². The minimum atomic E-state index is -1.21. The van der Waals surface area contributed by atoms with E-state index in [1.54, 1.807) is 27.6 Å². The molecule has 280 valence electrons. The van der Waals surface area contributed by atoms with Crippen LogP contribution < -0.4 is 10.6 Å². The number of hydrogen-bond acceptors (Lipinski definition) is 9. The van der Waals surface area contributed by atoms with Gasteiger partial charge in [-0.15, -0.1) is 22.7 Å². The lowest BCUT2D eigenvalue weighted by atomic mass is 10.0. The van der Waals surface area contributed by atoms with Crippen molar-refractivity contribution in [3.63, 3.8) is 0 Å². The zero-order valence-corrected chi connectivity index (χ0v) is 31.9. The van der Waals surface area contributed by atoms with E-state index in [0.29, 0.717) is 18.9 Å². The Bertz CT molecular complexity index is 2170. The third kappa shape index (κ3) is 6.97. The standard InChI is InChI=1S/C37H44N8O6S2/c1-18(2)28(42-36(48)49)34(46)44-12-6-8-26(44)32-38-15-25(41-32)22-17-53-30-21(16-52-31(22)30)20-10-11-23-24(14-20)40-33(39-23)27-9-7-13-45(27)35(47)29(19(3)4)43-37(50)51-5/h10-11,14-19,26-29,42H,6-9,12-13H2,1-5H3,(H,38,41)(H,39,40)(H,43,50)(H,48,49)/t26?,27?,28-,29-/m0/s1. The number of nitrogens with one attached hydrogen (secondary N) is 4. The van der Waals surface area contributed by atoms with Crippen LogP contribution in [0.25, 0.3) is 42.8 Å². The second-order valence-electron chi connectivity index (χ2n) is 14.4. The Morgan fingerprint density at radius 2 is 1.47 bits per heavy atom. The summed E-state index contributed by atoms with van der Waals surface area (Å²) in [6, 6.07) is 4.18. The average molecular weight is 761 g/mol. The smallest absolute Gasteiger partial charge is 0.407 e. The average Bonchev–Trinajstić information content (AvgIpc) is 3.97. The molecule has 2 unspecified atom stereocenters. The lowest BCUT2D eigenvalue weighted by molar-refractivity contribution is -0.136. The molecule has 0 aliphatic carbocycles. The van der Waals surface area contributed by atoms with E-state index < -0.39 is 24.3 Å². The number of benzene rings is 1. The molecule has 4 atom stereocenters. The highest BCUT2D eigenvalue weighted by Gasteiger charge is 2.39. The van der Waals surface area contributed by atoms with E-state index in [1.807, 2.05) is 44.9 Å². The normalized spacial score (nSPS) is 18.7. The fourth-order valence-corrected chi connectivity index (χ4v) is 9.98. The van der Waals surface area contributed by atoms with Crippen molar-refractivity contribution in [1.82, 2.24) is 40.4 Å². The van der Waals surface area contributed by atoms with Gasteiger partial charge in [-0.25, -0.2) is 19.6 Å². The lowest BCUT2D eigenvalue weighted by Gasteiger charge is -2.29. The number of carboxylic acid groups (broad SMARTS) is 1. The summed E-state index contributed by atoms with van der Waals surface area (Å²) in [6.45, 7) is 8.61. The number of thiophene rings is 2. The number of carbonyl (C=O) groups is 4. The number of methoxy groups -OCH3 is 1. The molecular weight excluding hydrogens is 717 g/mol. The zero-order chi connectivity index (χ0) is 37.6. The molecule has 0 bridgehead atoms. The molecule has 2 aliphatic rings. The predicted octanol–water partition coefficient (Wildman–Crippen LogP) is 6.90. The molecule has 4 amide bonds. The van der Waals surface area contributed by atoms with Gasteiger partial charge in [0.1, 0.15) is 23.7 Å². The Labute approximate surface area is 314 Å². The van der Waals surface area contributed by atoms with Crippen LogP contribution in [0.15, 0.2) is 35.2 Å². The monoisotopic (exact) mass is 760 g/mol. The van der Waals surface area contributed by atoms with E-state index >= 15 is 0 Å². The van der Waals surface area contributed by atoms with Gasteiger partial charge in [-0.05, 0) is 55.2 Å². The number of aromatic amines is 2. The first-order valence-electron chi connectivity index (χ1n) is 17.9. The molecule has 6 heterocycles. The molecule has 14 nitrogen and oxygen atoms in total. The van der Waals surface area contributed by atoms with Gasteiger partial charge in [0, 0.05) is 35.0 Å². The van der Waals surface area contributed by atoms with E-state index in [4.69, 9.17) is 14.7 Å². The highest BCUT2D eigenvalue weighted by atomic mass is 32.1. The molecule has 5 aromatic rings. The summed E-state index contributed by atoms with van der Waals surface area (Å²) in [6.07, 6.45) is 3.15. The topological polar surface area (TPSA) is 186 Å². The number of amides is 4. The van der Waals surface area contributed by atoms with Crippen LogP contribution in [0.4, 0.5) is 9.59 Å². The van der Waals surface area contributed by atoms with E-state index in [0.717, 1.165) is 74.3 Å². The van der Waals surface area contributed by atoms with E-state index in [9.17, 15) is 24.3 Å². The fourth-order valence-electron chi connectivity index (χ4n) is 7.54. The summed E-state index contributed by atoms with van der Waals surface area (Å²) in [5.74, 6) is 0.748. The maximum atomic E-state index is 13.6. The summed E-state index contributed by atoms with van der Waals surface area (Å²) in [4.78, 5) is 70.6. The first kappa shape index (κ1) is 36.4. The van der Waals surface area contributed by atoms with Crippen LogP contribution in [0, 0.1) is 11.8 Å². The van der Waals surface area contributed by atoms with Gasteiger partial charge in [0.2, 0.25) is 11.8 Å². The fraction of sp³-hybridized carbons (Fsp3) is 0.459. The number of likely N-dealkylation sites (tertiary alicyclic amines) is 2. The Kier molecular flexibility index (Phi) is 10.2. The van der Waals surface area contributed by atoms with Crippen LogP contribution >= 0.6 is 22.7 Å².